The van der Waals surface area contributed by atoms with Crippen LogP contribution < -0.4 is 4.90 Å². The summed E-state index contributed by atoms with van der Waals surface area (Å²) in [7, 11) is 0. The van der Waals surface area contributed by atoms with Crippen LogP contribution in [0, 0.1) is 29.1 Å². The van der Waals surface area contributed by atoms with Crippen molar-refractivity contribution in [3.05, 3.63) is 29.8 Å². The summed E-state index contributed by atoms with van der Waals surface area (Å²) < 4.78 is 0. The van der Waals surface area contributed by atoms with Crippen molar-refractivity contribution in [3.8, 4) is 11.8 Å². The van der Waals surface area contributed by atoms with Gasteiger partial charge in [-0.2, -0.15) is 0 Å². The molecule has 1 aliphatic carbocycles. The smallest absolute Gasteiger partial charge is 0.238 e. The maximum absolute atomic E-state index is 12.5. The highest BCUT2D eigenvalue weighted by atomic mass is 16.3. The average Bonchev–Trinajstić information content (AvgIpc) is 2.91. The summed E-state index contributed by atoms with van der Waals surface area (Å²) in [5.74, 6) is 5.14. The highest BCUT2D eigenvalue weighted by molar-refractivity contribution is 6.26. The summed E-state index contributed by atoms with van der Waals surface area (Å²) in [5, 5.41) is 8.79. The minimum absolute atomic E-state index is 0.00488. The number of rotatable bonds is 2. The van der Waals surface area contributed by atoms with Gasteiger partial charge in [0, 0.05) is 12.0 Å². The number of benzene rings is 1. The van der Waals surface area contributed by atoms with Gasteiger partial charge in [-0.1, -0.05) is 37.8 Å². The predicted molar refractivity (Wildman–Crippen MR) is 78.3 cm³/mol. The summed E-state index contributed by atoms with van der Waals surface area (Å²) in [5.41, 5.74) is 0.995. The minimum Gasteiger partial charge on any atom is -0.395 e. The van der Waals surface area contributed by atoms with Crippen LogP contribution in [0.5, 0.6) is 0 Å². The number of hydrogen-bond acceptors (Lipinski definition) is 3. The molecule has 1 aromatic carbocycles. The SMILES string of the molecule is CC1(C)C2C(=O)N(c3ccccc3C#CCCO)C(=O)C21. The third kappa shape index (κ3) is 1.97. The lowest BCUT2D eigenvalue weighted by Crippen LogP contribution is -2.36. The fourth-order valence-corrected chi connectivity index (χ4v) is 3.17. The van der Waals surface area contributed by atoms with Crippen molar-refractivity contribution in [3.63, 3.8) is 0 Å². The van der Waals surface area contributed by atoms with Gasteiger partial charge in [0.1, 0.15) is 0 Å². The largest absolute Gasteiger partial charge is 0.395 e. The first-order valence-corrected chi connectivity index (χ1v) is 7.06. The first-order chi connectivity index (χ1) is 10.00. The third-order valence-corrected chi connectivity index (χ3v) is 4.41. The average molecular weight is 283 g/mol. The van der Waals surface area contributed by atoms with Gasteiger partial charge in [-0.25, -0.2) is 4.90 Å². The molecule has 2 aliphatic rings. The molecule has 2 unspecified atom stereocenters. The highest BCUT2D eigenvalue weighted by Gasteiger charge is 2.72. The molecule has 4 nitrogen and oxygen atoms in total. The first-order valence-electron chi connectivity index (χ1n) is 7.06. The number of para-hydroxylation sites is 1. The number of fused-ring (bicyclic) bond motifs is 1. The zero-order valence-electron chi connectivity index (χ0n) is 12.1. The van der Waals surface area contributed by atoms with Crippen molar-refractivity contribution in [1.29, 1.82) is 0 Å². The van der Waals surface area contributed by atoms with Crippen LogP contribution in [-0.2, 0) is 9.59 Å². The molecule has 2 fully saturated rings. The fourth-order valence-electron chi connectivity index (χ4n) is 3.17. The Kier molecular flexibility index (Phi) is 3.11. The van der Waals surface area contributed by atoms with Crippen LogP contribution in [0.2, 0.25) is 0 Å². The highest BCUT2D eigenvalue weighted by Crippen LogP contribution is 2.63. The zero-order chi connectivity index (χ0) is 15.2. The molecular formula is C17H17NO3. The second-order valence-corrected chi connectivity index (χ2v) is 6.08. The van der Waals surface area contributed by atoms with Crippen molar-refractivity contribution in [2.75, 3.05) is 11.5 Å². The molecule has 2 atom stereocenters. The summed E-state index contributed by atoms with van der Waals surface area (Å²) in [6.07, 6.45) is 0.370. The van der Waals surface area contributed by atoms with E-state index >= 15 is 0 Å². The van der Waals surface area contributed by atoms with Gasteiger partial charge < -0.3 is 5.11 Å². The molecule has 0 aromatic heterocycles. The maximum atomic E-state index is 12.5. The summed E-state index contributed by atoms with van der Waals surface area (Å²) in [4.78, 5) is 26.2. The molecule has 2 amide bonds. The van der Waals surface area contributed by atoms with Crippen molar-refractivity contribution in [1.82, 2.24) is 0 Å². The van der Waals surface area contributed by atoms with E-state index < -0.39 is 0 Å². The van der Waals surface area contributed by atoms with Crippen LogP contribution in [0.1, 0.15) is 25.8 Å². The van der Waals surface area contributed by atoms with Crippen molar-refractivity contribution in [2.24, 2.45) is 17.3 Å². The molecule has 4 heteroatoms. The van der Waals surface area contributed by atoms with E-state index in [2.05, 4.69) is 11.8 Å². The quantitative estimate of drug-likeness (QED) is 0.662. The second-order valence-electron chi connectivity index (χ2n) is 6.08. The van der Waals surface area contributed by atoms with Gasteiger partial charge in [0.15, 0.2) is 0 Å². The molecule has 1 saturated carbocycles. The van der Waals surface area contributed by atoms with E-state index in [0.29, 0.717) is 17.7 Å². The number of imide groups is 1. The van der Waals surface area contributed by atoms with Gasteiger partial charge in [0.2, 0.25) is 11.8 Å². The standard InChI is InChI=1S/C17H17NO3/c1-17(2)13-14(17)16(21)18(15(13)20)12-9-4-3-7-11(12)8-5-6-10-19/h3-4,7,9,13-14,19H,6,10H2,1-2H3. The molecule has 0 radical (unpaired) electrons. The van der Waals surface area contributed by atoms with Crippen molar-refractivity contribution in [2.45, 2.75) is 20.3 Å². The molecule has 108 valence electrons. The summed E-state index contributed by atoms with van der Waals surface area (Å²) >= 11 is 0. The van der Waals surface area contributed by atoms with Gasteiger partial charge in [0.25, 0.3) is 0 Å². The van der Waals surface area contributed by atoms with E-state index in [1.54, 1.807) is 18.2 Å². The Labute approximate surface area is 123 Å². The lowest BCUT2D eigenvalue weighted by Gasteiger charge is -2.21. The molecule has 1 aliphatic heterocycles. The first kappa shape index (κ1) is 13.8. The van der Waals surface area contributed by atoms with Crippen LogP contribution >= 0.6 is 0 Å². The summed E-state index contributed by atoms with van der Waals surface area (Å²) in [6.45, 7) is 3.92. The van der Waals surface area contributed by atoms with Gasteiger partial charge in [0.05, 0.1) is 24.1 Å². The number of amides is 2. The monoisotopic (exact) mass is 283 g/mol. The van der Waals surface area contributed by atoms with E-state index in [1.165, 1.54) is 4.90 Å². The van der Waals surface area contributed by atoms with Crippen LogP contribution in [-0.4, -0.2) is 23.5 Å². The zero-order valence-corrected chi connectivity index (χ0v) is 12.1. The van der Waals surface area contributed by atoms with Gasteiger partial charge in [-0.05, 0) is 17.5 Å². The van der Waals surface area contributed by atoms with E-state index in [-0.39, 0.29) is 35.7 Å². The van der Waals surface area contributed by atoms with Crippen LogP contribution in [0.3, 0.4) is 0 Å². The normalized spacial score (nSPS) is 25.4. The Morgan fingerprint density at radius 1 is 1.19 bits per heavy atom. The Hall–Kier alpha value is -2.12. The number of aliphatic hydroxyl groups excluding tert-OH is 1. The van der Waals surface area contributed by atoms with Gasteiger partial charge in [-0.3, -0.25) is 9.59 Å². The number of nitrogens with zero attached hydrogens (tertiary/aromatic N) is 1. The predicted octanol–water partition coefficient (Wildman–Crippen LogP) is 1.57. The Morgan fingerprint density at radius 2 is 1.81 bits per heavy atom. The lowest BCUT2D eigenvalue weighted by atomic mass is 10.0. The molecule has 3 rings (SSSR count). The van der Waals surface area contributed by atoms with Gasteiger partial charge in [-0.15, -0.1) is 0 Å². The van der Waals surface area contributed by atoms with E-state index in [4.69, 9.17) is 5.11 Å². The van der Waals surface area contributed by atoms with Crippen LogP contribution in [0.4, 0.5) is 5.69 Å². The van der Waals surface area contributed by atoms with Crippen LogP contribution in [0.15, 0.2) is 24.3 Å². The fraction of sp³-hybridized carbons (Fsp3) is 0.412. The molecule has 1 N–H and O–H groups in total. The van der Waals surface area contributed by atoms with Crippen molar-refractivity contribution < 1.29 is 14.7 Å². The number of piperidine rings is 1. The van der Waals surface area contributed by atoms with Gasteiger partial charge >= 0.3 is 0 Å². The molecule has 1 saturated heterocycles. The molecule has 0 bridgehead atoms. The Morgan fingerprint density at radius 3 is 2.43 bits per heavy atom. The minimum atomic E-state index is -0.206. The number of aliphatic hydroxyl groups is 1. The molecule has 0 spiro atoms. The second kappa shape index (κ2) is 4.71. The summed E-state index contributed by atoms with van der Waals surface area (Å²) in [6, 6.07) is 7.15. The number of carbonyl (C=O) groups excluding carboxylic acids is 2. The van der Waals surface area contributed by atoms with E-state index in [1.807, 2.05) is 19.9 Å². The topological polar surface area (TPSA) is 57.6 Å². The Balaban J connectivity index is 1.95. The molecule has 21 heavy (non-hydrogen) atoms. The molecule has 1 aromatic rings. The molecular weight excluding hydrogens is 266 g/mol. The Bertz CT molecular complexity index is 657. The number of anilines is 1. The lowest BCUT2D eigenvalue weighted by molar-refractivity contribution is -0.125. The maximum Gasteiger partial charge on any atom is 0.238 e. The van der Waals surface area contributed by atoms with Crippen LogP contribution in [0.25, 0.3) is 0 Å². The number of hydrogen-bond donors (Lipinski definition) is 1. The third-order valence-electron chi connectivity index (χ3n) is 4.41. The van der Waals surface area contributed by atoms with E-state index in [0.717, 1.165) is 0 Å². The van der Waals surface area contributed by atoms with Crippen molar-refractivity contribution >= 4 is 17.5 Å². The number of carbonyl (C=O) groups is 2. The molecule has 1 heterocycles. The van der Waals surface area contributed by atoms with E-state index in [9.17, 15) is 9.59 Å².